The number of nitrogens with one attached hydrogen (secondary N) is 1. The molecular weight excluding hydrogens is 356 g/mol. The average molecular weight is 387 g/mol. The number of hydrogen-bond donors (Lipinski definition) is 1. The molecule has 1 aliphatic rings. The minimum absolute atomic E-state index is 0.0187. The van der Waals surface area contributed by atoms with Crippen molar-refractivity contribution in [3.8, 4) is 0 Å². The van der Waals surface area contributed by atoms with Crippen LogP contribution in [0.15, 0.2) is 41.8 Å². The predicted molar refractivity (Wildman–Crippen MR) is 115 cm³/mol. The highest BCUT2D eigenvalue weighted by molar-refractivity contribution is 7.10. The van der Waals surface area contributed by atoms with E-state index in [1.54, 1.807) is 11.3 Å². The van der Waals surface area contributed by atoms with E-state index < -0.39 is 0 Å². The number of hydrogen-bond acceptors (Lipinski definition) is 5. The fourth-order valence-electron chi connectivity index (χ4n) is 3.39. The number of likely N-dealkylation sites (N-methyl/N-ethyl adjacent to an activating group) is 2. The van der Waals surface area contributed by atoms with Crippen LogP contribution in [0.25, 0.3) is 0 Å². The molecule has 0 aliphatic carbocycles. The number of carbonyl (C=O) groups is 1. The fraction of sp³-hybridized carbons (Fsp3) is 0.476. The van der Waals surface area contributed by atoms with E-state index in [4.69, 9.17) is 0 Å². The lowest BCUT2D eigenvalue weighted by Crippen LogP contribution is -2.46. The second-order valence-electron chi connectivity index (χ2n) is 7.12. The number of amides is 1. The normalized spacial score (nSPS) is 16.5. The van der Waals surface area contributed by atoms with Crippen LogP contribution < -0.4 is 10.2 Å². The summed E-state index contributed by atoms with van der Waals surface area (Å²) in [5.74, 6) is 0.0187. The standard InChI is InChI=1S/C21H30N4OS/c1-4-24-11-13-25(14-12-24)19-9-7-18(8-10-19)22-21(26)16-23(3)17(2)20-6-5-15-27-20/h5-10,15,17H,4,11-14,16H2,1-3H3,(H,22,26). The first-order chi connectivity index (χ1) is 13.1. The smallest absolute Gasteiger partial charge is 0.238 e. The Morgan fingerprint density at radius 2 is 1.89 bits per heavy atom. The highest BCUT2D eigenvalue weighted by Gasteiger charge is 2.17. The Kier molecular flexibility index (Phi) is 6.88. The largest absolute Gasteiger partial charge is 0.369 e. The molecule has 0 radical (unpaired) electrons. The molecule has 1 N–H and O–H groups in total. The fourth-order valence-corrected chi connectivity index (χ4v) is 4.24. The molecular formula is C21H30N4OS. The summed E-state index contributed by atoms with van der Waals surface area (Å²) in [6, 6.07) is 12.6. The Morgan fingerprint density at radius 3 is 2.48 bits per heavy atom. The second-order valence-corrected chi connectivity index (χ2v) is 8.10. The summed E-state index contributed by atoms with van der Waals surface area (Å²) in [4.78, 5) is 20.6. The monoisotopic (exact) mass is 386 g/mol. The molecule has 2 aromatic rings. The Hall–Kier alpha value is -1.89. The van der Waals surface area contributed by atoms with Gasteiger partial charge in [0.2, 0.25) is 5.91 Å². The molecule has 5 nitrogen and oxygen atoms in total. The zero-order valence-corrected chi connectivity index (χ0v) is 17.3. The highest BCUT2D eigenvalue weighted by atomic mass is 32.1. The van der Waals surface area contributed by atoms with Gasteiger partial charge < -0.3 is 15.1 Å². The number of nitrogens with zero attached hydrogens (tertiary/aromatic N) is 3. The van der Waals surface area contributed by atoms with Gasteiger partial charge in [0, 0.05) is 48.5 Å². The van der Waals surface area contributed by atoms with Gasteiger partial charge in [0.15, 0.2) is 0 Å². The Morgan fingerprint density at radius 1 is 1.19 bits per heavy atom. The number of rotatable bonds is 7. The van der Waals surface area contributed by atoms with Crippen molar-refractivity contribution < 1.29 is 4.79 Å². The summed E-state index contributed by atoms with van der Waals surface area (Å²) in [6.07, 6.45) is 0. The van der Waals surface area contributed by atoms with Crippen LogP contribution in [-0.4, -0.2) is 62.0 Å². The van der Waals surface area contributed by atoms with E-state index in [1.807, 2.05) is 25.2 Å². The van der Waals surface area contributed by atoms with Gasteiger partial charge in [-0.25, -0.2) is 0 Å². The van der Waals surface area contributed by atoms with Crippen molar-refractivity contribution in [3.05, 3.63) is 46.7 Å². The SMILES string of the molecule is CCN1CCN(c2ccc(NC(=O)CN(C)C(C)c3cccs3)cc2)CC1. The molecule has 146 valence electrons. The number of thiophene rings is 1. The van der Waals surface area contributed by atoms with Crippen molar-refractivity contribution in [2.75, 3.05) is 56.5 Å². The summed E-state index contributed by atoms with van der Waals surface area (Å²) in [5, 5.41) is 5.09. The quantitative estimate of drug-likeness (QED) is 0.790. The maximum absolute atomic E-state index is 12.4. The first kappa shape index (κ1) is 19.9. The van der Waals surface area contributed by atoms with E-state index in [1.165, 1.54) is 10.6 Å². The van der Waals surface area contributed by atoms with Gasteiger partial charge >= 0.3 is 0 Å². The van der Waals surface area contributed by atoms with E-state index in [0.29, 0.717) is 6.54 Å². The molecule has 1 amide bonds. The number of carbonyl (C=O) groups excluding carboxylic acids is 1. The molecule has 1 aliphatic heterocycles. The molecule has 1 aromatic heterocycles. The van der Waals surface area contributed by atoms with E-state index in [0.717, 1.165) is 38.4 Å². The molecule has 27 heavy (non-hydrogen) atoms. The topological polar surface area (TPSA) is 38.8 Å². The number of anilines is 2. The molecule has 0 saturated carbocycles. The molecule has 1 saturated heterocycles. The van der Waals surface area contributed by atoms with Crippen molar-refractivity contribution in [1.82, 2.24) is 9.80 Å². The lowest BCUT2D eigenvalue weighted by molar-refractivity contribution is -0.117. The van der Waals surface area contributed by atoms with Crippen LogP contribution in [0.2, 0.25) is 0 Å². The minimum Gasteiger partial charge on any atom is -0.369 e. The third kappa shape index (κ3) is 5.31. The third-order valence-electron chi connectivity index (χ3n) is 5.34. The van der Waals surface area contributed by atoms with Crippen LogP contribution in [-0.2, 0) is 4.79 Å². The molecule has 6 heteroatoms. The average Bonchev–Trinajstić information content (AvgIpc) is 3.22. The van der Waals surface area contributed by atoms with Gasteiger partial charge in [0.05, 0.1) is 6.54 Å². The molecule has 1 unspecified atom stereocenters. The van der Waals surface area contributed by atoms with Crippen LogP contribution in [0, 0.1) is 0 Å². The van der Waals surface area contributed by atoms with Crippen molar-refractivity contribution in [2.24, 2.45) is 0 Å². The Balaban J connectivity index is 1.50. The van der Waals surface area contributed by atoms with Gasteiger partial charge in [-0.05, 0) is 56.2 Å². The van der Waals surface area contributed by atoms with E-state index in [9.17, 15) is 4.79 Å². The summed E-state index contributed by atoms with van der Waals surface area (Å²) < 4.78 is 0. The zero-order valence-electron chi connectivity index (χ0n) is 16.5. The number of piperazine rings is 1. The van der Waals surface area contributed by atoms with Gasteiger partial charge in [0.1, 0.15) is 0 Å². The molecule has 2 heterocycles. The summed E-state index contributed by atoms with van der Waals surface area (Å²) in [5.41, 5.74) is 2.08. The van der Waals surface area contributed by atoms with Crippen molar-refractivity contribution >= 4 is 28.6 Å². The lowest BCUT2D eigenvalue weighted by Gasteiger charge is -2.35. The first-order valence-corrected chi connectivity index (χ1v) is 10.6. The third-order valence-corrected chi connectivity index (χ3v) is 6.39. The highest BCUT2D eigenvalue weighted by Crippen LogP contribution is 2.23. The van der Waals surface area contributed by atoms with Crippen LogP contribution in [0.4, 0.5) is 11.4 Å². The predicted octanol–water partition coefficient (Wildman–Crippen LogP) is 3.52. The van der Waals surface area contributed by atoms with Gasteiger partial charge in [-0.15, -0.1) is 11.3 Å². The Labute approximate surface area is 166 Å². The second kappa shape index (κ2) is 9.35. The summed E-state index contributed by atoms with van der Waals surface area (Å²) in [7, 11) is 1.99. The van der Waals surface area contributed by atoms with Gasteiger partial charge in [0.25, 0.3) is 0 Å². The number of benzene rings is 1. The van der Waals surface area contributed by atoms with Gasteiger partial charge in [-0.3, -0.25) is 9.69 Å². The maximum Gasteiger partial charge on any atom is 0.238 e. The van der Waals surface area contributed by atoms with Crippen LogP contribution >= 0.6 is 11.3 Å². The molecule has 1 atom stereocenters. The van der Waals surface area contributed by atoms with Crippen molar-refractivity contribution in [3.63, 3.8) is 0 Å². The molecule has 0 spiro atoms. The zero-order chi connectivity index (χ0) is 19.2. The minimum atomic E-state index is 0.0187. The summed E-state index contributed by atoms with van der Waals surface area (Å²) in [6.45, 7) is 10.2. The maximum atomic E-state index is 12.4. The lowest BCUT2D eigenvalue weighted by atomic mass is 10.2. The Bertz CT molecular complexity index is 708. The van der Waals surface area contributed by atoms with Crippen LogP contribution in [0.3, 0.4) is 0 Å². The van der Waals surface area contributed by atoms with Crippen molar-refractivity contribution in [2.45, 2.75) is 19.9 Å². The van der Waals surface area contributed by atoms with E-state index in [2.05, 4.69) is 57.4 Å². The molecule has 0 bridgehead atoms. The van der Waals surface area contributed by atoms with E-state index >= 15 is 0 Å². The van der Waals surface area contributed by atoms with Crippen LogP contribution in [0.1, 0.15) is 24.8 Å². The first-order valence-electron chi connectivity index (χ1n) is 9.67. The molecule has 1 fully saturated rings. The van der Waals surface area contributed by atoms with Crippen molar-refractivity contribution in [1.29, 1.82) is 0 Å². The van der Waals surface area contributed by atoms with Crippen LogP contribution in [0.5, 0.6) is 0 Å². The summed E-state index contributed by atoms with van der Waals surface area (Å²) >= 11 is 1.73. The van der Waals surface area contributed by atoms with Gasteiger partial charge in [-0.2, -0.15) is 0 Å². The molecule has 1 aromatic carbocycles. The van der Waals surface area contributed by atoms with Gasteiger partial charge in [-0.1, -0.05) is 13.0 Å². The molecule has 3 rings (SSSR count). The van der Waals surface area contributed by atoms with E-state index in [-0.39, 0.29) is 11.9 Å².